The standard InChI is InChI=1S/C18H18O2/c19-17(20)16-13-18(16,11-14-7-3-1-4-8-14)12-15-9-5-2-6-10-15/h1-10,16H,11-13H2,(H,19,20). The first-order valence-electron chi connectivity index (χ1n) is 7.00. The van der Waals surface area contributed by atoms with E-state index in [1.807, 2.05) is 36.4 Å². The van der Waals surface area contributed by atoms with E-state index >= 15 is 0 Å². The molecule has 1 saturated carbocycles. The number of benzene rings is 2. The van der Waals surface area contributed by atoms with Gasteiger partial charge in [-0.2, -0.15) is 0 Å². The Morgan fingerprint density at radius 2 is 1.40 bits per heavy atom. The van der Waals surface area contributed by atoms with Gasteiger partial charge in [-0.25, -0.2) is 0 Å². The molecule has 1 aliphatic carbocycles. The summed E-state index contributed by atoms with van der Waals surface area (Å²) in [5.41, 5.74) is 2.36. The SMILES string of the molecule is O=C(O)C1CC1(Cc1ccccc1)Cc1ccccc1. The Morgan fingerprint density at radius 1 is 0.950 bits per heavy atom. The summed E-state index contributed by atoms with van der Waals surface area (Å²) in [4.78, 5) is 11.4. The van der Waals surface area contributed by atoms with Gasteiger partial charge >= 0.3 is 5.97 Å². The first-order chi connectivity index (χ1) is 9.70. The number of rotatable bonds is 5. The van der Waals surface area contributed by atoms with Crippen molar-refractivity contribution >= 4 is 5.97 Å². The topological polar surface area (TPSA) is 37.3 Å². The van der Waals surface area contributed by atoms with Gasteiger partial charge in [0, 0.05) is 0 Å². The quantitative estimate of drug-likeness (QED) is 0.898. The highest BCUT2D eigenvalue weighted by molar-refractivity contribution is 5.75. The Labute approximate surface area is 119 Å². The maximum atomic E-state index is 11.4. The monoisotopic (exact) mass is 266 g/mol. The van der Waals surface area contributed by atoms with E-state index in [1.165, 1.54) is 11.1 Å². The Hall–Kier alpha value is -2.09. The third kappa shape index (κ3) is 2.60. The summed E-state index contributed by atoms with van der Waals surface area (Å²) in [7, 11) is 0. The van der Waals surface area contributed by atoms with Crippen LogP contribution in [0.4, 0.5) is 0 Å². The number of hydrogen-bond donors (Lipinski definition) is 1. The molecule has 20 heavy (non-hydrogen) atoms. The normalized spacial score (nSPS) is 19.5. The van der Waals surface area contributed by atoms with Crippen LogP contribution in [-0.2, 0) is 17.6 Å². The van der Waals surface area contributed by atoms with E-state index < -0.39 is 5.97 Å². The second kappa shape index (κ2) is 5.12. The van der Waals surface area contributed by atoms with Crippen molar-refractivity contribution in [2.75, 3.05) is 0 Å². The molecule has 1 aliphatic rings. The summed E-state index contributed by atoms with van der Waals surface area (Å²) >= 11 is 0. The zero-order valence-corrected chi connectivity index (χ0v) is 11.3. The lowest BCUT2D eigenvalue weighted by atomic mass is 9.87. The van der Waals surface area contributed by atoms with Crippen LogP contribution in [0.1, 0.15) is 17.5 Å². The minimum absolute atomic E-state index is 0.103. The van der Waals surface area contributed by atoms with Crippen LogP contribution in [0.15, 0.2) is 60.7 Å². The third-order valence-electron chi connectivity index (χ3n) is 4.29. The average molecular weight is 266 g/mol. The molecule has 0 aliphatic heterocycles. The molecule has 0 saturated heterocycles. The Morgan fingerprint density at radius 3 is 1.75 bits per heavy atom. The van der Waals surface area contributed by atoms with Crippen LogP contribution >= 0.6 is 0 Å². The van der Waals surface area contributed by atoms with Gasteiger partial charge in [-0.15, -0.1) is 0 Å². The number of carboxylic acid groups (broad SMARTS) is 1. The molecule has 1 unspecified atom stereocenters. The zero-order chi connectivity index (χ0) is 14.0. The van der Waals surface area contributed by atoms with Crippen molar-refractivity contribution in [3.63, 3.8) is 0 Å². The van der Waals surface area contributed by atoms with Gasteiger partial charge in [0.05, 0.1) is 5.92 Å². The maximum absolute atomic E-state index is 11.4. The molecule has 0 spiro atoms. The van der Waals surface area contributed by atoms with Crippen LogP contribution in [0.25, 0.3) is 0 Å². The van der Waals surface area contributed by atoms with Crippen LogP contribution < -0.4 is 0 Å². The van der Waals surface area contributed by atoms with Gasteiger partial charge in [0.1, 0.15) is 0 Å². The van der Waals surface area contributed by atoms with Crippen molar-refractivity contribution in [3.8, 4) is 0 Å². The first kappa shape index (κ1) is 12.9. The van der Waals surface area contributed by atoms with E-state index in [2.05, 4.69) is 24.3 Å². The lowest BCUT2D eigenvalue weighted by Crippen LogP contribution is -2.16. The lowest BCUT2D eigenvalue weighted by Gasteiger charge is -2.17. The molecule has 102 valence electrons. The second-order valence-electron chi connectivity index (χ2n) is 5.78. The largest absolute Gasteiger partial charge is 0.481 e. The number of carbonyl (C=O) groups is 1. The van der Waals surface area contributed by atoms with E-state index in [4.69, 9.17) is 0 Å². The fourth-order valence-corrected chi connectivity index (χ4v) is 3.15. The molecule has 2 aromatic rings. The summed E-state index contributed by atoms with van der Waals surface area (Å²) in [6, 6.07) is 20.4. The van der Waals surface area contributed by atoms with Crippen LogP contribution in [0.5, 0.6) is 0 Å². The van der Waals surface area contributed by atoms with E-state index in [0.29, 0.717) is 0 Å². The minimum atomic E-state index is -0.656. The highest BCUT2D eigenvalue weighted by Crippen LogP contribution is 2.57. The molecule has 2 heteroatoms. The Bertz CT molecular complexity index is 548. The van der Waals surface area contributed by atoms with Gasteiger partial charge in [0.15, 0.2) is 0 Å². The van der Waals surface area contributed by atoms with Crippen molar-refractivity contribution in [1.82, 2.24) is 0 Å². The van der Waals surface area contributed by atoms with E-state index in [-0.39, 0.29) is 11.3 Å². The van der Waals surface area contributed by atoms with Crippen LogP contribution in [0, 0.1) is 11.3 Å². The smallest absolute Gasteiger partial charge is 0.307 e. The molecule has 0 heterocycles. The molecule has 0 radical (unpaired) electrons. The Kier molecular flexibility index (Phi) is 3.31. The van der Waals surface area contributed by atoms with Crippen LogP contribution in [0.3, 0.4) is 0 Å². The number of carboxylic acids is 1. The van der Waals surface area contributed by atoms with E-state index in [0.717, 1.165) is 19.3 Å². The molecule has 1 fully saturated rings. The van der Waals surface area contributed by atoms with Crippen molar-refractivity contribution in [2.24, 2.45) is 11.3 Å². The van der Waals surface area contributed by atoms with Crippen molar-refractivity contribution < 1.29 is 9.90 Å². The highest BCUT2D eigenvalue weighted by Gasteiger charge is 2.57. The predicted octanol–water partition coefficient (Wildman–Crippen LogP) is 3.56. The summed E-state index contributed by atoms with van der Waals surface area (Å²) in [6.07, 6.45) is 2.48. The van der Waals surface area contributed by atoms with Gasteiger partial charge in [0.25, 0.3) is 0 Å². The fourth-order valence-electron chi connectivity index (χ4n) is 3.15. The molecule has 1 N–H and O–H groups in total. The molecule has 0 amide bonds. The molecule has 0 bridgehead atoms. The van der Waals surface area contributed by atoms with Gasteiger partial charge in [-0.1, -0.05) is 60.7 Å². The predicted molar refractivity (Wildman–Crippen MR) is 78.5 cm³/mol. The minimum Gasteiger partial charge on any atom is -0.481 e. The number of hydrogen-bond acceptors (Lipinski definition) is 1. The molecular formula is C18H18O2. The lowest BCUT2D eigenvalue weighted by molar-refractivity contribution is -0.139. The van der Waals surface area contributed by atoms with Crippen LogP contribution in [0.2, 0.25) is 0 Å². The molecule has 3 rings (SSSR count). The van der Waals surface area contributed by atoms with Crippen molar-refractivity contribution in [3.05, 3.63) is 71.8 Å². The summed E-state index contributed by atoms with van der Waals surface area (Å²) in [5.74, 6) is -0.861. The van der Waals surface area contributed by atoms with Gasteiger partial charge in [-0.3, -0.25) is 4.79 Å². The van der Waals surface area contributed by atoms with E-state index in [1.54, 1.807) is 0 Å². The van der Waals surface area contributed by atoms with E-state index in [9.17, 15) is 9.90 Å². The second-order valence-corrected chi connectivity index (χ2v) is 5.78. The fraction of sp³-hybridized carbons (Fsp3) is 0.278. The average Bonchev–Trinajstić information content (AvgIpc) is 3.15. The molecule has 0 aromatic heterocycles. The summed E-state index contributed by atoms with van der Waals surface area (Å²) < 4.78 is 0. The van der Waals surface area contributed by atoms with Gasteiger partial charge in [-0.05, 0) is 35.8 Å². The summed E-state index contributed by atoms with van der Waals surface area (Å²) in [6.45, 7) is 0. The zero-order valence-electron chi connectivity index (χ0n) is 11.3. The van der Waals surface area contributed by atoms with Crippen LogP contribution in [-0.4, -0.2) is 11.1 Å². The maximum Gasteiger partial charge on any atom is 0.307 e. The Balaban J connectivity index is 1.82. The molecule has 2 aromatic carbocycles. The molecular weight excluding hydrogens is 248 g/mol. The molecule has 1 atom stereocenters. The number of aliphatic carboxylic acids is 1. The first-order valence-corrected chi connectivity index (χ1v) is 7.00. The van der Waals surface area contributed by atoms with Gasteiger partial charge in [0.2, 0.25) is 0 Å². The van der Waals surface area contributed by atoms with Crippen molar-refractivity contribution in [2.45, 2.75) is 19.3 Å². The van der Waals surface area contributed by atoms with Gasteiger partial charge < -0.3 is 5.11 Å². The third-order valence-corrected chi connectivity index (χ3v) is 4.29. The highest BCUT2D eigenvalue weighted by atomic mass is 16.4. The summed E-state index contributed by atoms with van der Waals surface area (Å²) in [5, 5.41) is 9.34. The molecule has 2 nitrogen and oxygen atoms in total. The van der Waals surface area contributed by atoms with Crippen molar-refractivity contribution in [1.29, 1.82) is 0 Å².